The summed E-state index contributed by atoms with van der Waals surface area (Å²) >= 11 is 0. The molecule has 0 fully saturated rings. The van der Waals surface area contributed by atoms with Crippen molar-refractivity contribution in [1.29, 1.82) is 0 Å². The third-order valence-corrected chi connectivity index (χ3v) is 5.76. The third kappa shape index (κ3) is 6.98. The van der Waals surface area contributed by atoms with Gasteiger partial charge in [0.25, 0.3) is 0 Å². The lowest BCUT2D eigenvalue weighted by molar-refractivity contribution is -0.153. The van der Waals surface area contributed by atoms with E-state index in [0.29, 0.717) is 11.5 Å². The van der Waals surface area contributed by atoms with Crippen molar-refractivity contribution in [3.05, 3.63) is 66.0 Å². The molecular weight excluding hydrogens is 492 g/mol. The van der Waals surface area contributed by atoms with Gasteiger partial charge in [0.2, 0.25) is 11.7 Å². The molecule has 0 aliphatic rings. The van der Waals surface area contributed by atoms with Crippen LogP contribution in [0, 0.1) is 5.41 Å². The molecule has 3 aromatic rings. The zero-order valence-corrected chi connectivity index (χ0v) is 21.3. The zero-order chi connectivity index (χ0) is 27.4. The number of alkyl halides is 4. The Labute approximate surface area is 213 Å². The van der Waals surface area contributed by atoms with Gasteiger partial charge < -0.3 is 24.4 Å². The predicted molar refractivity (Wildman–Crippen MR) is 130 cm³/mol. The number of methoxy groups -OCH3 is 1. The summed E-state index contributed by atoms with van der Waals surface area (Å²) in [5.41, 5.74) is 6.18. The number of nitrogens with zero attached hydrogens (tertiary/aromatic N) is 3. The highest BCUT2D eigenvalue weighted by atomic mass is 19.4. The highest BCUT2D eigenvalue weighted by molar-refractivity contribution is 5.78. The van der Waals surface area contributed by atoms with Crippen LogP contribution < -0.4 is 5.73 Å². The molecule has 2 atom stereocenters. The number of benzene rings is 1. The monoisotopic (exact) mass is 524 g/mol. The van der Waals surface area contributed by atoms with E-state index in [2.05, 4.69) is 0 Å². The van der Waals surface area contributed by atoms with Crippen LogP contribution in [0.3, 0.4) is 0 Å². The maximum absolute atomic E-state index is 14.6. The lowest BCUT2D eigenvalue weighted by Gasteiger charge is -2.40. The van der Waals surface area contributed by atoms with Crippen molar-refractivity contribution >= 4 is 5.91 Å². The average Bonchev–Trinajstić information content (AvgIpc) is 3.46. The summed E-state index contributed by atoms with van der Waals surface area (Å²) in [5, 5.41) is 0. The van der Waals surface area contributed by atoms with Gasteiger partial charge >= 0.3 is 6.18 Å². The molecule has 1 amide bonds. The van der Waals surface area contributed by atoms with Crippen molar-refractivity contribution in [2.75, 3.05) is 26.8 Å². The molecule has 3 rings (SSSR count). The van der Waals surface area contributed by atoms with E-state index in [9.17, 15) is 22.4 Å². The smallest absolute Gasteiger partial charge is 0.449 e. The highest BCUT2D eigenvalue weighted by Crippen LogP contribution is 2.39. The number of halogens is 4. The van der Waals surface area contributed by atoms with Crippen LogP contribution >= 0.6 is 0 Å². The van der Waals surface area contributed by atoms with Crippen molar-refractivity contribution in [2.45, 2.75) is 45.7 Å². The van der Waals surface area contributed by atoms with Crippen molar-refractivity contribution in [1.82, 2.24) is 14.5 Å². The molecule has 11 heteroatoms. The van der Waals surface area contributed by atoms with E-state index in [1.165, 1.54) is 18.1 Å². The number of hydrogen-bond donors (Lipinski definition) is 1. The fourth-order valence-corrected chi connectivity index (χ4v) is 4.15. The normalized spacial score (nSPS) is 14.0. The number of ether oxygens (including phenoxy) is 1. The van der Waals surface area contributed by atoms with E-state index in [-0.39, 0.29) is 32.0 Å². The number of carbonyl (C=O) groups is 1. The molecule has 1 aromatic carbocycles. The summed E-state index contributed by atoms with van der Waals surface area (Å²) in [6.45, 7) is 4.66. The number of imidazole rings is 1. The van der Waals surface area contributed by atoms with Gasteiger partial charge in [-0.1, -0.05) is 51.1 Å². The fourth-order valence-electron chi connectivity index (χ4n) is 4.15. The summed E-state index contributed by atoms with van der Waals surface area (Å²) in [6.07, 6.45) is -4.43. The minimum atomic E-state index is -4.62. The predicted octanol–water partition coefficient (Wildman–Crippen LogP) is 5.07. The van der Waals surface area contributed by atoms with Crippen LogP contribution in [0.1, 0.15) is 44.2 Å². The molecule has 37 heavy (non-hydrogen) atoms. The molecule has 0 spiro atoms. The Morgan fingerprint density at radius 3 is 2.38 bits per heavy atom. The topological polar surface area (TPSA) is 86.5 Å². The van der Waals surface area contributed by atoms with E-state index in [1.54, 1.807) is 10.8 Å². The fraction of sp³-hybridized carbons (Fsp3) is 0.462. The number of nitrogens with two attached hydrogens (primary N) is 1. The quantitative estimate of drug-likeness (QED) is 0.375. The van der Waals surface area contributed by atoms with E-state index in [0.717, 1.165) is 11.6 Å². The summed E-state index contributed by atoms with van der Waals surface area (Å²) in [4.78, 5) is 19.3. The van der Waals surface area contributed by atoms with Gasteiger partial charge in [-0.25, -0.2) is 9.37 Å². The molecular formula is C26H32F4N4O3. The number of carbonyl (C=O) groups excluding carboxylic acids is 1. The molecule has 1 unspecified atom stereocenters. The Bertz CT molecular complexity index is 1170. The maximum Gasteiger partial charge on any atom is 0.449 e. The summed E-state index contributed by atoms with van der Waals surface area (Å²) < 4.78 is 65.7. The number of furan rings is 1. The molecule has 0 saturated carbocycles. The lowest BCUT2D eigenvalue weighted by atomic mass is 9.84. The molecule has 0 radical (unpaired) electrons. The van der Waals surface area contributed by atoms with Gasteiger partial charge in [0.15, 0.2) is 0 Å². The molecule has 0 bridgehead atoms. The van der Waals surface area contributed by atoms with Crippen LogP contribution in [0.4, 0.5) is 17.6 Å². The summed E-state index contributed by atoms with van der Waals surface area (Å²) in [5.74, 6) is -1.16. The highest BCUT2D eigenvalue weighted by Gasteiger charge is 2.40. The van der Waals surface area contributed by atoms with Gasteiger partial charge in [0, 0.05) is 25.4 Å². The van der Waals surface area contributed by atoms with Gasteiger partial charge in [-0.15, -0.1) is 0 Å². The molecule has 2 aromatic heterocycles. The first-order valence-electron chi connectivity index (χ1n) is 11.8. The first-order chi connectivity index (χ1) is 17.3. The van der Waals surface area contributed by atoms with Crippen LogP contribution in [0.25, 0.3) is 11.3 Å². The molecule has 2 heterocycles. The molecule has 202 valence electrons. The minimum Gasteiger partial charge on any atom is -0.455 e. The van der Waals surface area contributed by atoms with Gasteiger partial charge in [-0.3, -0.25) is 4.79 Å². The zero-order valence-electron chi connectivity index (χ0n) is 21.3. The second-order valence-electron chi connectivity index (χ2n) is 9.82. The molecule has 0 aliphatic carbocycles. The minimum absolute atomic E-state index is 0.0540. The van der Waals surface area contributed by atoms with Crippen LogP contribution in [-0.4, -0.2) is 53.3 Å². The van der Waals surface area contributed by atoms with Crippen LogP contribution in [0.15, 0.2) is 53.1 Å². The van der Waals surface area contributed by atoms with Crippen molar-refractivity contribution in [3.8, 4) is 11.3 Å². The van der Waals surface area contributed by atoms with Crippen molar-refractivity contribution < 1.29 is 31.5 Å². The first kappa shape index (κ1) is 28.4. The van der Waals surface area contributed by atoms with E-state index >= 15 is 0 Å². The Hall–Kier alpha value is -3.18. The van der Waals surface area contributed by atoms with Gasteiger partial charge in [0.1, 0.15) is 24.4 Å². The SMILES string of the molecule is COCC(=O)N(C[C@@H](F)CN)C(c1nc(-c2ccccc2)cn1Cc1ccc(C(F)(F)F)o1)C(C)(C)C. The largest absolute Gasteiger partial charge is 0.455 e. The molecule has 2 N–H and O–H groups in total. The second kappa shape index (κ2) is 11.5. The second-order valence-corrected chi connectivity index (χ2v) is 9.82. The van der Waals surface area contributed by atoms with Crippen LogP contribution in [0.2, 0.25) is 0 Å². The van der Waals surface area contributed by atoms with Crippen LogP contribution in [0.5, 0.6) is 0 Å². The summed E-state index contributed by atoms with van der Waals surface area (Å²) in [7, 11) is 1.36. The van der Waals surface area contributed by atoms with Crippen LogP contribution in [-0.2, 0) is 22.3 Å². The van der Waals surface area contributed by atoms with Gasteiger partial charge in [-0.05, 0) is 17.5 Å². The number of aromatic nitrogens is 2. The molecule has 0 saturated heterocycles. The Balaban J connectivity index is 2.16. The maximum atomic E-state index is 14.6. The molecule has 0 aliphatic heterocycles. The molecule has 7 nitrogen and oxygen atoms in total. The Morgan fingerprint density at radius 1 is 1.16 bits per heavy atom. The lowest BCUT2D eigenvalue weighted by Crippen LogP contribution is -2.47. The van der Waals surface area contributed by atoms with Crippen molar-refractivity contribution in [2.24, 2.45) is 11.1 Å². The third-order valence-electron chi connectivity index (χ3n) is 5.76. The van der Waals surface area contributed by atoms with Crippen molar-refractivity contribution in [3.63, 3.8) is 0 Å². The van der Waals surface area contributed by atoms with E-state index < -0.39 is 35.5 Å². The standard InChI is InChI=1S/C26H32F4N4O3/c1-25(2,3)23(34(13-18(27)12-31)22(35)16-36-4)24-32-20(17-8-6-5-7-9-17)15-33(24)14-19-10-11-21(37-19)26(28,29)30/h5-11,15,18,23H,12-14,16,31H2,1-4H3/t18-,23?/m0/s1. The average molecular weight is 525 g/mol. The van der Waals surface area contributed by atoms with E-state index in [4.69, 9.17) is 19.9 Å². The Morgan fingerprint density at radius 2 is 1.84 bits per heavy atom. The summed E-state index contributed by atoms with van der Waals surface area (Å²) in [6, 6.07) is 10.6. The number of hydrogen-bond acceptors (Lipinski definition) is 5. The van der Waals surface area contributed by atoms with E-state index in [1.807, 2.05) is 51.1 Å². The Kier molecular flexibility index (Phi) is 8.80. The number of amides is 1. The first-order valence-corrected chi connectivity index (χ1v) is 11.8. The van der Waals surface area contributed by atoms with Gasteiger partial charge in [0.05, 0.1) is 24.8 Å². The number of rotatable bonds is 10. The van der Waals surface area contributed by atoms with Gasteiger partial charge in [-0.2, -0.15) is 13.2 Å².